The second-order valence-corrected chi connectivity index (χ2v) is 5.57. The van der Waals surface area contributed by atoms with Crippen molar-refractivity contribution in [3.63, 3.8) is 0 Å². The number of nitriles is 1. The molecule has 0 aliphatic heterocycles. The van der Waals surface area contributed by atoms with Gasteiger partial charge in [-0.05, 0) is 42.7 Å². The highest BCUT2D eigenvalue weighted by atomic mass is 32.2. The predicted molar refractivity (Wildman–Crippen MR) is 92.6 cm³/mol. The number of nitrogens with one attached hydrogen (secondary N) is 2. The third-order valence-electron chi connectivity index (χ3n) is 2.93. The molecule has 2 aromatic rings. The molecule has 0 radical (unpaired) electrons. The number of hydrogen-bond acceptors (Lipinski definition) is 4. The fraction of sp³-hybridized carbons (Fsp3) is 0.118. The van der Waals surface area contributed by atoms with E-state index >= 15 is 0 Å². The standard InChI is InChI=1S/C17H15N3O2S/c1-23-11-16(21)19-15-7-3-5-13(9-15)17(22)20-14-6-2-4-12(8-14)10-18/h2-9H,11H2,1H3,(H,19,21)(H,20,22). The van der Waals surface area contributed by atoms with Crippen molar-refractivity contribution in [3.05, 3.63) is 59.7 Å². The maximum absolute atomic E-state index is 12.3. The van der Waals surface area contributed by atoms with Crippen molar-refractivity contribution >= 4 is 35.0 Å². The molecule has 2 N–H and O–H groups in total. The Morgan fingerprint density at radius 3 is 2.48 bits per heavy atom. The average Bonchev–Trinajstić information content (AvgIpc) is 2.55. The van der Waals surface area contributed by atoms with Crippen LogP contribution in [0.25, 0.3) is 0 Å². The highest BCUT2D eigenvalue weighted by Gasteiger charge is 2.08. The van der Waals surface area contributed by atoms with E-state index in [9.17, 15) is 9.59 Å². The van der Waals surface area contributed by atoms with Crippen LogP contribution >= 0.6 is 11.8 Å². The number of carbonyl (C=O) groups excluding carboxylic acids is 2. The minimum atomic E-state index is -0.305. The van der Waals surface area contributed by atoms with Crippen LogP contribution in [-0.2, 0) is 4.79 Å². The van der Waals surface area contributed by atoms with Crippen LogP contribution in [0.3, 0.4) is 0 Å². The molecule has 0 aliphatic carbocycles. The second kappa shape index (κ2) is 8.01. The number of thioether (sulfide) groups is 1. The first kappa shape index (κ1) is 16.6. The number of carbonyl (C=O) groups is 2. The lowest BCUT2D eigenvalue weighted by molar-refractivity contribution is -0.113. The molecule has 6 heteroatoms. The lowest BCUT2D eigenvalue weighted by Gasteiger charge is -2.08. The zero-order chi connectivity index (χ0) is 16.7. The van der Waals surface area contributed by atoms with Gasteiger partial charge in [-0.25, -0.2) is 0 Å². The highest BCUT2D eigenvalue weighted by molar-refractivity contribution is 7.99. The van der Waals surface area contributed by atoms with Gasteiger partial charge in [-0.15, -0.1) is 0 Å². The first-order chi connectivity index (χ1) is 11.1. The van der Waals surface area contributed by atoms with Crippen LogP contribution in [0.1, 0.15) is 15.9 Å². The van der Waals surface area contributed by atoms with Gasteiger partial charge in [-0.1, -0.05) is 12.1 Å². The number of benzene rings is 2. The molecule has 0 aliphatic rings. The Morgan fingerprint density at radius 1 is 1.09 bits per heavy atom. The van der Waals surface area contributed by atoms with E-state index < -0.39 is 0 Å². The van der Waals surface area contributed by atoms with E-state index in [0.717, 1.165) is 0 Å². The molecule has 0 fully saturated rings. The summed E-state index contributed by atoms with van der Waals surface area (Å²) in [6, 6.07) is 15.4. The van der Waals surface area contributed by atoms with Crippen molar-refractivity contribution < 1.29 is 9.59 Å². The molecule has 0 saturated carbocycles. The zero-order valence-corrected chi connectivity index (χ0v) is 13.3. The Labute approximate surface area is 138 Å². The van der Waals surface area contributed by atoms with Crippen molar-refractivity contribution in [2.75, 3.05) is 22.6 Å². The van der Waals surface area contributed by atoms with Crippen LogP contribution in [0.15, 0.2) is 48.5 Å². The van der Waals surface area contributed by atoms with Crippen LogP contribution < -0.4 is 10.6 Å². The fourth-order valence-electron chi connectivity index (χ4n) is 1.94. The van der Waals surface area contributed by atoms with Crippen LogP contribution in [-0.4, -0.2) is 23.8 Å². The van der Waals surface area contributed by atoms with Gasteiger partial charge in [-0.2, -0.15) is 17.0 Å². The van der Waals surface area contributed by atoms with E-state index in [1.165, 1.54) is 11.8 Å². The Kier molecular flexibility index (Phi) is 5.78. The molecule has 0 unspecified atom stereocenters. The molecule has 5 nitrogen and oxygen atoms in total. The quantitative estimate of drug-likeness (QED) is 0.885. The maximum atomic E-state index is 12.3. The van der Waals surface area contributed by atoms with E-state index in [-0.39, 0.29) is 11.8 Å². The SMILES string of the molecule is CSCC(=O)Nc1cccc(C(=O)Nc2cccc(C#N)c2)c1. The van der Waals surface area contributed by atoms with Gasteiger partial charge in [0.2, 0.25) is 5.91 Å². The van der Waals surface area contributed by atoms with Gasteiger partial charge in [0.1, 0.15) is 0 Å². The van der Waals surface area contributed by atoms with Gasteiger partial charge in [-0.3, -0.25) is 9.59 Å². The Bertz CT molecular complexity index is 768. The summed E-state index contributed by atoms with van der Waals surface area (Å²) < 4.78 is 0. The van der Waals surface area contributed by atoms with Gasteiger partial charge in [0, 0.05) is 16.9 Å². The number of hydrogen-bond donors (Lipinski definition) is 2. The van der Waals surface area contributed by atoms with Gasteiger partial charge >= 0.3 is 0 Å². The summed E-state index contributed by atoms with van der Waals surface area (Å²) in [4.78, 5) is 23.9. The maximum Gasteiger partial charge on any atom is 0.255 e. The summed E-state index contributed by atoms with van der Waals surface area (Å²) in [6.45, 7) is 0. The molecular weight excluding hydrogens is 310 g/mol. The lowest BCUT2D eigenvalue weighted by atomic mass is 10.1. The molecule has 2 aromatic carbocycles. The molecule has 0 atom stereocenters. The summed E-state index contributed by atoms with van der Waals surface area (Å²) in [7, 11) is 0. The predicted octanol–water partition coefficient (Wildman–Crippen LogP) is 3.11. The Hall–Kier alpha value is -2.78. The molecular formula is C17H15N3O2S. The summed E-state index contributed by atoms with van der Waals surface area (Å²) in [5, 5.41) is 14.3. The number of amides is 2. The molecule has 0 spiro atoms. The molecule has 0 heterocycles. The number of rotatable bonds is 5. The van der Waals surface area contributed by atoms with E-state index in [4.69, 9.17) is 5.26 Å². The second-order valence-electron chi connectivity index (χ2n) is 4.71. The van der Waals surface area contributed by atoms with Crippen molar-refractivity contribution in [1.82, 2.24) is 0 Å². The van der Waals surface area contributed by atoms with Crippen molar-refractivity contribution in [1.29, 1.82) is 5.26 Å². The largest absolute Gasteiger partial charge is 0.325 e. The summed E-state index contributed by atoms with van der Waals surface area (Å²) >= 11 is 1.43. The van der Waals surface area contributed by atoms with Crippen LogP contribution in [0.2, 0.25) is 0 Å². The average molecular weight is 325 g/mol. The monoisotopic (exact) mass is 325 g/mol. The third kappa shape index (κ3) is 4.87. The normalized spacial score (nSPS) is 9.74. The van der Waals surface area contributed by atoms with Gasteiger partial charge in [0.25, 0.3) is 5.91 Å². The van der Waals surface area contributed by atoms with Gasteiger partial charge in [0.05, 0.1) is 17.4 Å². The zero-order valence-electron chi connectivity index (χ0n) is 12.5. The first-order valence-electron chi connectivity index (χ1n) is 6.83. The number of nitrogens with zero attached hydrogens (tertiary/aromatic N) is 1. The highest BCUT2D eigenvalue weighted by Crippen LogP contribution is 2.15. The molecule has 116 valence electrons. The number of anilines is 2. The molecule has 0 bridgehead atoms. The summed E-state index contributed by atoms with van der Waals surface area (Å²) in [5.74, 6) is -0.0602. The fourth-order valence-corrected chi connectivity index (χ4v) is 2.27. The van der Waals surface area contributed by atoms with E-state index in [0.29, 0.717) is 28.3 Å². The summed E-state index contributed by atoms with van der Waals surface area (Å²) in [5.41, 5.74) is 2.02. The first-order valence-corrected chi connectivity index (χ1v) is 8.22. The van der Waals surface area contributed by atoms with E-state index in [2.05, 4.69) is 10.6 Å². The minimum Gasteiger partial charge on any atom is -0.325 e. The van der Waals surface area contributed by atoms with Crippen LogP contribution in [0.4, 0.5) is 11.4 Å². The minimum absolute atomic E-state index is 0.114. The van der Waals surface area contributed by atoms with Crippen molar-refractivity contribution in [3.8, 4) is 6.07 Å². The van der Waals surface area contributed by atoms with Crippen molar-refractivity contribution in [2.45, 2.75) is 0 Å². The molecule has 23 heavy (non-hydrogen) atoms. The lowest BCUT2D eigenvalue weighted by Crippen LogP contribution is -2.15. The molecule has 0 saturated heterocycles. The molecule has 2 rings (SSSR count). The smallest absolute Gasteiger partial charge is 0.255 e. The van der Waals surface area contributed by atoms with Gasteiger partial charge in [0.15, 0.2) is 0 Å². The van der Waals surface area contributed by atoms with E-state index in [1.54, 1.807) is 48.5 Å². The Morgan fingerprint density at radius 2 is 1.78 bits per heavy atom. The summed E-state index contributed by atoms with van der Waals surface area (Å²) in [6.07, 6.45) is 1.85. The third-order valence-corrected chi connectivity index (χ3v) is 3.48. The molecule has 2 amide bonds. The Balaban J connectivity index is 2.10. The van der Waals surface area contributed by atoms with Gasteiger partial charge < -0.3 is 10.6 Å². The van der Waals surface area contributed by atoms with Crippen LogP contribution in [0, 0.1) is 11.3 Å². The van der Waals surface area contributed by atoms with E-state index in [1.807, 2.05) is 12.3 Å². The molecule has 0 aromatic heterocycles. The van der Waals surface area contributed by atoms with Crippen molar-refractivity contribution in [2.24, 2.45) is 0 Å². The topological polar surface area (TPSA) is 82.0 Å². The van der Waals surface area contributed by atoms with Crippen LogP contribution in [0.5, 0.6) is 0 Å².